The van der Waals surface area contributed by atoms with E-state index in [0.717, 1.165) is 17.4 Å². The molecule has 4 heteroatoms. The lowest BCUT2D eigenvalue weighted by Crippen LogP contribution is -1.92. The third-order valence-electron chi connectivity index (χ3n) is 1.27. The van der Waals surface area contributed by atoms with E-state index >= 15 is 0 Å². The fourth-order valence-electron chi connectivity index (χ4n) is 0.749. The van der Waals surface area contributed by atoms with Crippen LogP contribution in [0.3, 0.4) is 0 Å². The normalized spacial score (nSPS) is 10.3. The molecule has 0 radical (unpaired) electrons. The van der Waals surface area contributed by atoms with Gasteiger partial charge in [0.15, 0.2) is 11.0 Å². The van der Waals surface area contributed by atoms with Crippen LogP contribution in [0.1, 0.15) is 12.7 Å². The van der Waals surface area contributed by atoms with Crippen LogP contribution in [-0.4, -0.2) is 21.0 Å². The highest BCUT2D eigenvalue weighted by Gasteiger charge is 2.01. The van der Waals surface area contributed by atoms with Crippen molar-refractivity contribution in [3.8, 4) is 0 Å². The number of aryl methyl sites for hydroxylation is 2. The molecule has 0 N–H and O–H groups in total. The van der Waals surface area contributed by atoms with Crippen LogP contribution in [0.4, 0.5) is 0 Å². The molecule has 0 spiro atoms. The van der Waals surface area contributed by atoms with E-state index in [1.165, 1.54) is 0 Å². The first kappa shape index (κ1) is 7.60. The maximum Gasteiger partial charge on any atom is 0.185 e. The van der Waals surface area contributed by atoms with Gasteiger partial charge in [-0.05, 0) is 6.26 Å². The van der Waals surface area contributed by atoms with Crippen LogP contribution in [0, 0.1) is 0 Å². The van der Waals surface area contributed by atoms with Gasteiger partial charge in [-0.1, -0.05) is 18.7 Å². The van der Waals surface area contributed by atoms with Crippen LogP contribution in [0.25, 0.3) is 0 Å². The van der Waals surface area contributed by atoms with Crippen molar-refractivity contribution in [2.24, 2.45) is 7.05 Å². The zero-order valence-electron chi connectivity index (χ0n) is 6.46. The van der Waals surface area contributed by atoms with Gasteiger partial charge in [-0.15, -0.1) is 0 Å². The highest BCUT2D eigenvalue weighted by molar-refractivity contribution is 7.98. The number of rotatable bonds is 2. The van der Waals surface area contributed by atoms with Gasteiger partial charge >= 0.3 is 0 Å². The second kappa shape index (κ2) is 3.05. The van der Waals surface area contributed by atoms with Gasteiger partial charge in [-0.3, -0.25) is 0 Å². The standard InChI is InChI=1S/C6H11N3S/c1-4-5-7-6(10-3)9(2)8-5/h4H2,1-3H3. The van der Waals surface area contributed by atoms with E-state index in [-0.39, 0.29) is 0 Å². The molecular weight excluding hydrogens is 146 g/mol. The summed E-state index contributed by atoms with van der Waals surface area (Å²) >= 11 is 1.62. The minimum absolute atomic E-state index is 0.911. The minimum atomic E-state index is 0.911. The number of thioether (sulfide) groups is 1. The third-order valence-corrected chi connectivity index (χ3v) is 1.99. The topological polar surface area (TPSA) is 30.7 Å². The van der Waals surface area contributed by atoms with Gasteiger partial charge in [-0.25, -0.2) is 9.67 Å². The van der Waals surface area contributed by atoms with E-state index in [9.17, 15) is 0 Å². The fourth-order valence-corrected chi connectivity index (χ4v) is 1.25. The van der Waals surface area contributed by atoms with E-state index in [4.69, 9.17) is 0 Å². The molecule has 0 aliphatic carbocycles. The molecule has 10 heavy (non-hydrogen) atoms. The first-order chi connectivity index (χ1) is 4.77. The summed E-state index contributed by atoms with van der Waals surface area (Å²) in [5, 5.41) is 5.17. The zero-order valence-corrected chi connectivity index (χ0v) is 7.27. The molecule has 0 atom stereocenters. The number of hydrogen-bond donors (Lipinski definition) is 0. The Balaban J connectivity index is 2.92. The maximum atomic E-state index is 4.26. The lowest BCUT2D eigenvalue weighted by molar-refractivity contribution is 0.680. The lowest BCUT2D eigenvalue weighted by atomic mass is 10.5. The molecule has 0 fully saturated rings. The fraction of sp³-hybridized carbons (Fsp3) is 0.667. The van der Waals surface area contributed by atoms with Gasteiger partial charge in [-0.2, -0.15) is 5.10 Å². The minimum Gasteiger partial charge on any atom is -0.244 e. The smallest absolute Gasteiger partial charge is 0.185 e. The number of nitrogens with zero attached hydrogens (tertiary/aromatic N) is 3. The molecule has 0 saturated carbocycles. The average Bonchev–Trinajstić information content (AvgIpc) is 2.30. The molecule has 1 aromatic heterocycles. The summed E-state index contributed by atoms with van der Waals surface area (Å²) < 4.78 is 1.81. The summed E-state index contributed by atoms with van der Waals surface area (Å²) in [5.74, 6) is 0.923. The molecule has 1 heterocycles. The van der Waals surface area contributed by atoms with Crippen molar-refractivity contribution in [3.63, 3.8) is 0 Å². The van der Waals surface area contributed by atoms with E-state index in [1.807, 2.05) is 18.0 Å². The van der Waals surface area contributed by atoms with Crippen molar-refractivity contribution in [3.05, 3.63) is 5.82 Å². The lowest BCUT2D eigenvalue weighted by Gasteiger charge is -1.89. The van der Waals surface area contributed by atoms with Crippen LogP contribution in [0.2, 0.25) is 0 Å². The van der Waals surface area contributed by atoms with Crippen molar-refractivity contribution in [1.29, 1.82) is 0 Å². The molecule has 0 unspecified atom stereocenters. The predicted octanol–water partition coefficient (Wildman–Crippen LogP) is 1.10. The molecule has 3 nitrogen and oxygen atoms in total. The van der Waals surface area contributed by atoms with Crippen molar-refractivity contribution in [2.75, 3.05) is 6.26 Å². The summed E-state index contributed by atoms with van der Waals surface area (Å²) in [5.41, 5.74) is 0. The Morgan fingerprint density at radius 3 is 2.60 bits per heavy atom. The van der Waals surface area contributed by atoms with Crippen LogP contribution in [-0.2, 0) is 13.5 Å². The van der Waals surface area contributed by atoms with Gasteiger partial charge in [0.2, 0.25) is 0 Å². The largest absolute Gasteiger partial charge is 0.244 e. The van der Waals surface area contributed by atoms with Gasteiger partial charge in [0.05, 0.1) is 0 Å². The van der Waals surface area contributed by atoms with E-state index < -0.39 is 0 Å². The Labute approximate surface area is 64.8 Å². The molecular formula is C6H11N3S. The summed E-state index contributed by atoms with van der Waals surface area (Å²) in [7, 11) is 1.91. The Kier molecular flexibility index (Phi) is 2.32. The molecule has 0 saturated heterocycles. The van der Waals surface area contributed by atoms with E-state index in [0.29, 0.717) is 0 Å². The van der Waals surface area contributed by atoms with E-state index in [2.05, 4.69) is 17.0 Å². The van der Waals surface area contributed by atoms with Crippen LogP contribution < -0.4 is 0 Å². The van der Waals surface area contributed by atoms with Crippen molar-refractivity contribution >= 4 is 11.8 Å². The third kappa shape index (κ3) is 1.31. The molecule has 0 aromatic carbocycles. The van der Waals surface area contributed by atoms with Gasteiger partial charge in [0, 0.05) is 13.5 Å². The summed E-state index contributed by atoms with van der Waals surface area (Å²) in [6.45, 7) is 2.06. The Bertz CT molecular complexity index is 219. The van der Waals surface area contributed by atoms with Crippen molar-refractivity contribution in [2.45, 2.75) is 18.5 Å². The first-order valence-electron chi connectivity index (χ1n) is 3.21. The predicted molar refractivity (Wildman–Crippen MR) is 42.2 cm³/mol. The van der Waals surface area contributed by atoms with Crippen LogP contribution in [0.5, 0.6) is 0 Å². The molecule has 1 rings (SSSR count). The molecule has 1 aromatic rings. The highest BCUT2D eigenvalue weighted by atomic mass is 32.2. The monoisotopic (exact) mass is 157 g/mol. The molecule has 0 aliphatic rings. The zero-order chi connectivity index (χ0) is 7.56. The van der Waals surface area contributed by atoms with Gasteiger partial charge in [0.25, 0.3) is 0 Å². The summed E-state index contributed by atoms with van der Waals surface area (Å²) in [6, 6.07) is 0. The Hall–Kier alpha value is -0.510. The SMILES string of the molecule is CCc1nc(SC)n(C)n1. The van der Waals surface area contributed by atoms with Gasteiger partial charge in [0.1, 0.15) is 0 Å². The van der Waals surface area contributed by atoms with Crippen molar-refractivity contribution < 1.29 is 0 Å². The van der Waals surface area contributed by atoms with Crippen LogP contribution in [0.15, 0.2) is 5.16 Å². The van der Waals surface area contributed by atoms with E-state index in [1.54, 1.807) is 11.8 Å². The maximum absolute atomic E-state index is 4.26. The first-order valence-corrected chi connectivity index (χ1v) is 4.44. The Morgan fingerprint density at radius 1 is 1.60 bits per heavy atom. The summed E-state index contributed by atoms with van der Waals surface area (Å²) in [4.78, 5) is 4.26. The summed E-state index contributed by atoms with van der Waals surface area (Å²) in [6.07, 6.45) is 2.91. The number of aromatic nitrogens is 3. The Morgan fingerprint density at radius 2 is 2.30 bits per heavy atom. The second-order valence-corrected chi connectivity index (χ2v) is 2.77. The molecule has 0 aliphatic heterocycles. The van der Waals surface area contributed by atoms with Crippen LogP contribution >= 0.6 is 11.8 Å². The van der Waals surface area contributed by atoms with Crippen molar-refractivity contribution in [1.82, 2.24) is 14.8 Å². The second-order valence-electron chi connectivity index (χ2n) is 1.99. The van der Waals surface area contributed by atoms with Gasteiger partial charge < -0.3 is 0 Å². The number of hydrogen-bond acceptors (Lipinski definition) is 3. The quantitative estimate of drug-likeness (QED) is 0.602. The molecule has 56 valence electrons. The average molecular weight is 157 g/mol. The molecule has 0 bridgehead atoms. The highest BCUT2D eigenvalue weighted by Crippen LogP contribution is 2.09. The molecule has 0 amide bonds.